The molecule has 0 spiro atoms. The SMILES string of the molecule is CCNC(=NCc1ccccc1S(=O)(=O)N(C)C)N1CCSC(C)(C)C1.I. The van der Waals surface area contributed by atoms with E-state index in [1.54, 1.807) is 26.2 Å². The van der Waals surface area contributed by atoms with Crippen LogP contribution in [0.25, 0.3) is 0 Å². The van der Waals surface area contributed by atoms with E-state index in [9.17, 15) is 8.42 Å². The van der Waals surface area contributed by atoms with Gasteiger partial charge in [0, 0.05) is 44.2 Å². The van der Waals surface area contributed by atoms with Crippen LogP contribution in [0.1, 0.15) is 26.3 Å². The number of nitrogens with one attached hydrogen (secondary N) is 1. The van der Waals surface area contributed by atoms with Crippen LogP contribution in [0.4, 0.5) is 0 Å². The third kappa shape index (κ3) is 6.50. The van der Waals surface area contributed by atoms with Crippen molar-refractivity contribution in [3.63, 3.8) is 0 Å². The largest absolute Gasteiger partial charge is 0.357 e. The molecule has 1 heterocycles. The Hall–Kier alpha value is -0.520. The molecule has 2 rings (SSSR count). The summed E-state index contributed by atoms with van der Waals surface area (Å²) in [4.78, 5) is 7.33. The first-order valence-corrected chi connectivity index (χ1v) is 11.3. The second-order valence-corrected chi connectivity index (χ2v) is 11.0. The first kappa shape index (κ1) is 24.5. The Kier molecular flexibility index (Phi) is 9.36. The summed E-state index contributed by atoms with van der Waals surface area (Å²) in [6, 6.07) is 7.08. The Bertz CT molecular complexity index is 751. The fourth-order valence-corrected chi connectivity index (χ4v) is 5.09. The molecule has 0 aromatic heterocycles. The van der Waals surface area contributed by atoms with E-state index in [0.717, 1.165) is 31.3 Å². The highest BCUT2D eigenvalue weighted by Crippen LogP contribution is 2.29. The molecule has 154 valence electrons. The van der Waals surface area contributed by atoms with Crippen LogP contribution in [-0.4, -0.2) is 67.8 Å². The van der Waals surface area contributed by atoms with Crippen LogP contribution in [0.15, 0.2) is 34.2 Å². The number of thioether (sulfide) groups is 1. The maximum Gasteiger partial charge on any atom is 0.242 e. The molecule has 1 aromatic carbocycles. The van der Waals surface area contributed by atoms with E-state index in [1.807, 2.05) is 30.8 Å². The molecule has 1 fully saturated rings. The van der Waals surface area contributed by atoms with Gasteiger partial charge in [-0.05, 0) is 32.4 Å². The molecular weight excluding hydrogens is 495 g/mol. The van der Waals surface area contributed by atoms with Crippen molar-refractivity contribution in [3.05, 3.63) is 29.8 Å². The fraction of sp³-hybridized carbons (Fsp3) is 0.611. The lowest BCUT2D eigenvalue weighted by molar-refractivity contribution is 0.375. The number of sulfonamides is 1. The van der Waals surface area contributed by atoms with Crippen molar-refractivity contribution >= 4 is 51.7 Å². The lowest BCUT2D eigenvalue weighted by atomic mass is 10.2. The standard InChI is InChI=1S/C18H30N4O2S2.HI/c1-6-19-17(22-11-12-25-18(2,3)14-22)20-13-15-9-7-8-10-16(15)26(23,24)21(4)5;/h7-10H,6,11-14H2,1-5H3,(H,19,20);1H. The number of benzene rings is 1. The quantitative estimate of drug-likeness (QED) is 0.363. The van der Waals surface area contributed by atoms with Gasteiger partial charge in [0.15, 0.2) is 5.96 Å². The second-order valence-electron chi connectivity index (χ2n) is 7.10. The molecule has 1 saturated heterocycles. The van der Waals surface area contributed by atoms with Crippen molar-refractivity contribution in [2.45, 2.75) is 37.0 Å². The molecule has 1 N–H and O–H groups in total. The Morgan fingerprint density at radius 1 is 1.33 bits per heavy atom. The number of halogens is 1. The summed E-state index contributed by atoms with van der Waals surface area (Å²) >= 11 is 1.97. The van der Waals surface area contributed by atoms with Gasteiger partial charge in [-0.1, -0.05) is 18.2 Å². The zero-order chi connectivity index (χ0) is 19.4. The van der Waals surface area contributed by atoms with Crippen molar-refractivity contribution in [1.82, 2.24) is 14.5 Å². The minimum absolute atomic E-state index is 0. The molecule has 0 amide bonds. The van der Waals surface area contributed by atoms with Crippen LogP contribution in [0, 0.1) is 0 Å². The van der Waals surface area contributed by atoms with Gasteiger partial charge < -0.3 is 10.2 Å². The molecule has 0 atom stereocenters. The Balaban J connectivity index is 0.00000364. The molecule has 6 nitrogen and oxygen atoms in total. The van der Waals surface area contributed by atoms with E-state index < -0.39 is 10.0 Å². The lowest BCUT2D eigenvalue weighted by Crippen LogP contribution is -2.50. The van der Waals surface area contributed by atoms with E-state index in [2.05, 4.69) is 24.1 Å². The van der Waals surface area contributed by atoms with Crippen molar-refractivity contribution in [2.75, 3.05) is 39.5 Å². The highest BCUT2D eigenvalue weighted by molar-refractivity contribution is 14.0. The fourth-order valence-electron chi connectivity index (χ4n) is 2.87. The van der Waals surface area contributed by atoms with Crippen molar-refractivity contribution in [3.8, 4) is 0 Å². The smallest absolute Gasteiger partial charge is 0.242 e. The zero-order valence-corrected chi connectivity index (χ0v) is 20.7. The van der Waals surface area contributed by atoms with Gasteiger partial charge in [-0.2, -0.15) is 11.8 Å². The molecule has 0 unspecified atom stereocenters. The van der Waals surface area contributed by atoms with Crippen LogP contribution < -0.4 is 5.32 Å². The normalized spacial score (nSPS) is 17.6. The lowest BCUT2D eigenvalue weighted by Gasteiger charge is -2.39. The van der Waals surface area contributed by atoms with Gasteiger partial charge in [-0.3, -0.25) is 0 Å². The molecule has 0 radical (unpaired) electrons. The number of nitrogens with zero attached hydrogens (tertiary/aromatic N) is 3. The molecule has 27 heavy (non-hydrogen) atoms. The number of aliphatic imine (C=N–C) groups is 1. The predicted octanol–water partition coefficient (Wildman–Crippen LogP) is 2.85. The molecule has 0 bridgehead atoms. The van der Waals surface area contributed by atoms with Crippen LogP contribution >= 0.6 is 35.7 Å². The van der Waals surface area contributed by atoms with Crippen molar-refractivity contribution < 1.29 is 8.42 Å². The van der Waals surface area contributed by atoms with Gasteiger partial charge in [-0.15, -0.1) is 24.0 Å². The maximum atomic E-state index is 12.6. The van der Waals surface area contributed by atoms with Gasteiger partial charge in [0.05, 0.1) is 11.4 Å². The highest BCUT2D eigenvalue weighted by atomic mass is 127. The van der Waals surface area contributed by atoms with Crippen LogP contribution in [-0.2, 0) is 16.6 Å². The monoisotopic (exact) mass is 526 g/mol. The third-order valence-electron chi connectivity index (χ3n) is 4.19. The Morgan fingerprint density at radius 2 is 2.00 bits per heavy atom. The summed E-state index contributed by atoms with van der Waals surface area (Å²) in [5.74, 6) is 1.90. The molecule has 0 saturated carbocycles. The van der Waals surface area contributed by atoms with Gasteiger partial charge in [-0.25, -0.2) is 17.7 Å². The number of hydrogen-bond acceptors (Lipinski definition) is 4. The summed E-state index contributed by atoms with van der Waals surface area (Å²) in [5.41, 5.74) is 0.710. The van der Waals surface area contributed by atoms with Gasteiger partial charge in [0.2, 0.25) is 10.0 Å². The third-order valence-corrected chi connectivity index (χ3v) is 7.40. The minimum Gasteiger partial charge on any atom is -0.357 e. The van der Waals surface area contributed by atoms with Gasteiger partial charge >= 0.3 is 0 Å². The van der Waals surface area contributed by atoms with Gasteiger partial charge in [0.1, 0.15) is 0 Å². The molecule has 1 aliphatic rings. The Labute approximate surface area is 185 Å². The number of guanidine groups is 1. The van der Waals surface area contributed by atoms with E-state index in [0.29, 0.717) is 17.0 Å². The van der Waals surface area contributed by atoms with E-state index in [4.69, 9.17) is 4.99 Å². The van der Waals surface area contributed by atoms with E-state index in [-0.39, 0.29) is 28.7 Å². The first-order chi connectivity index (χ1) is 12.2. The molecule has 0 aliphatic carbocycles. The Morgan fingerprint density at radius 3 is 2.59 bits per heavy atom. The van der Waals surface area contributed by atoms with E-state index in [1.165, 1.54) is 4.31 Å². The van der Waals surface area contributed by atoms with Crippen molar-refractivity contribution in [2.24, 2.45) is 4.99 Å². The van der Waals surface area contributed by atoms with E-state index >= 15 is 0 Å². The summed E-state index contributed by atoms with van der Waals surface area (Å²) in [7, 11) is -0.387. The number of rotatable bonds is 5. The average molecular weight is 527 g/mol. The molecular formula is C18H31IN4O2S2. The summed E-state index contributed by atoms with van der Waals surface area (Å²) in [6.07, 6.45) is 0. The summed E-state index contributed by atoms with van der Waals surface area (Å²) in [5, 5.41) is 3.35. The highest BCUT2D eigenvalue weighted by Gasteiger charge is 2.29. The van der Waals surface area contributed by atoms with Crippen molar-refractivity contribution in [1.29, 1.82) is 0 Å². The molecule has 1 aliphatic heterocycles. The van der Waals surface area contributed by atoms with Crippen LogP contribution in [0.2, 0.25) is 0 Å². The zero-order valence-electron chi connectivity index (χ0n) is 16.7. The summed E-state index contributed by atoms with van der Waals surface area (Å²) in [6.45, 7) is 9.50. The second kappa shape index (κ2) is 10.3. The van der Waals surface area contributed by atoms with Crippen LogP contribution in [0.5, 0.6) is 0 Å². The first-order valence-electron chi connectivity index (χ1n) is 8.85. The number of hydrogen-bond donors (Lipinski definition) is 1. The average Bonchev–Trinajstić information content (AvgIpc) is 2.57. The maximum absolute atomic E-state index is 12.6. The topological polar surface area (TPSA) is 65.0 Å². The minimum atomic E-state index is -3.48. The molecule has 1 aromatic rings. The summed E-state index contributed by atoms with van der Waals surface area (Å²) < 4.78 is 26.5. The van der Waals surface area contributed by atoms with Gasteiger partial charge in [0.25, 0.3) is 0 Å². The molecule has 9 heteroatoms. The van der Waals surface area contributed by atoms with Crippen LogP contribution in [0.3, 0.4) is 0 Å². The predicted molar refractivity (Wildman–Crippen MR) is 126 cm³/mol.